The molecule has 10 heteroatoms. The first-order valence-electron chi connectivity index (χ1n) is 8.69. The molecule has 1 rings (SSSR count). The molecule has 2 N–H and O–H groups in total. The average Bonchev–Trinajstić information content (AvgIpc) is 2.82. The Kier molecular flexibility index (Phi) is 7.32. The number of nitrogens with one attached hydrogen (secondary N) is 2. The van der Waals surface area contributed by atoms with Crippen molar-refractivity contribution < 1.29 is 33.5 Å². The molecule has 1 saturated heterocycles. The van der Waals surface area contributed by atoms with Gasteiger partial charge in [0, 0.05) is 12.8 Å². The summed E-state index contributed by atoms with van der Waals surface area (Å²) in [6.45, 7) is 9.84. The Morgan fingerprint density at radius 3 is 1.96 bits per heavy atom. The summed E-state index contributed by atoms with van der Waals surface area (Å²) in [4.78, 5) is 64.1. The highest BCUT2D eigenvalue weighted by atomic mass is 16.7. The maximum Gasteiger partial charge on any atom is 0.408 e. The van der Waals surface area contributed by atoms with Gasteiger partial charge in [-0.25, -0.2) is 9.59 Å². The molecule has 1 aliphatic heterocycles. The summed E-state index contributed by atoms with van der Waals surface area (Å²) in [5.41, 5.74) is -0.728. The number of ether oxygens (including phenoxy) is 1. The predicted octanol–water partition coefficient (Wildman–Crippen LogP) is 0.648. The maximum atomic E-state index is 12.4. The van der Waals surface area contributed by atoms with E-state index in [1.807, 2.05) is 0 Å². The molecule has 2 atom stereocenters. The zero-order chi connectivity index (χ0) is 20.9. The molecule has 0 aromatic heterocycles. The standard InChI is InChI=1S/C17H27N3O7/c1-9(2)13(19-16(25)26-17(4,5)6)14(23)18-10(3)15(24)27-20-11(21)7-8-12(20)22/h9-10,13H,7-8H2,1-6H3,(H,18,23)(H,19,25)/t10-,13-/m0/s1. The SMILES string of the molecule is CC(C)[C@H](NC(=O)OC(C)(C)C)C(=O)N[C@@H](C)C(=O)ON1C(=O)CCC1=O. The van der Waals surface area contributed by atoms with Crippen molar-refractivity contribution in [1.82, 2.24) is 15.7 Å². The average molecular weight is 385 g/mol. The molecule has 0 unspecified atom stereocenters. The fraction of sp³-hybridized carbons (Fsp3) is 0.706. The molecule has 0 aromatic carbocycles. The molecule has 152 valence electrons. The minimum absolute atomic E-state index is 0.0257. The van der Waals surface area contributed by atoms with Gasteiger partial charge in [0.2, 0.25) is 5.91 Å². The third kappa shape index (κ3) is 6.87. The number of hydroxylamine groups is 2. The van der Waals surface area contributed by atoms with E-state index in [0.717, 1.165) is 0 Å². The first kappa shape index (κ1) is 22.4. The summed E-state index contributed by atoms with van der Waals surface area (Å²) in [5, 5.41) is 5.27. The Hall–Kier alpha value is -2.65. The number of imide groups is 1. The summed E-state index contributed by atoms with van der Waals surface area (Å²) in [6, 6.07) is -2.09. The van der Waals surface area contributed by atoms with Gasteiger partial charge in [-0.3, -0.25) is 14.4 Å². The van der Waals surface area contributed by atoms with Gasteiger partial charge in [0.25, 0.3) is 11.8 Å². The number of hydrogen-bond donors (Lipinski definition) is 2. The van der Waals surface area contributed by atoms with Crippen LogP contribution in [0.25, 0.3) is 0 Å². The van der Waals surface area contributed by atoms with Crippen LogP contribution in [0.2, 0.25) is 0 Å². The van der Waals surface area contributed by atoms with Gasteiger partial charge in [-0.1, -0.05) is 13.8 Å². The summed E-state index contributed by atoms with van der Waals surface area (Å²) in [7, 11) is 0. The van der Waals surface area contributed by atoms with Crippen LogP contribution in [0.3, 0.4) is 0 Å². The van der Waals surface area contributed by atoms with Crippen LogP contribution in [0.15, 0.2) is 0 Å². The lowest BCUT2D eigenvalue weighted by Crippen LogP contribution is -2.54. The van der Waals surface area contributed by atoms with E-state index >= 15 is 0 Å². The normalized spacial score (nSPS) is 16.8. The molecule has 1 fully saturated rings. The minimum atomic E-state index is -1.14. The van der Waals surface area contributed by atoms with Gasteiger partial charge >= 0.3 is 12.1 Å². The number of carbonyl (C=O) groups is 5. The largest absolute Gasteiger partial charge is 0.444 e. The van der Waals surface area contributed by atoms with Gasteiger partial charge in [-0.05, 0) is 33.6 Å². The summed E-state index contributed by atoms with van der Waals surface area (Å²) >= 11 is 0. The number of nitrogens with zero attached hydrogens (tertiary/aromatic N) is 1. The molecule has 4 amide bonds. The molecule has 1 aliphatic rings. The highest BCUT2D eigenvalue weighted by Gasteiger charge is 2.35. The Labute approximate surface area is 157 Å². The van der Waals surface area contributed by atoms with E-state index in [-0.39, 0.29) is 18.8 Å². The van der Waals surface area contributed by atoms with Crippen LogP contribution in [-0.2, 0) is 28.8 Å². The van der Waals surface area contributed by atoms with E-state index in [1.165, 1.54) is 6.92 Å². The van der Waals surface area contributed by atoms with Crippen molar-refractivity contribution in [2.45, 2.75) is 72.1 Å². The first-order chi connectivity index (χ1) is 12.3. The zero-order valence-electron chi connectivity index (χ0n) is 16.5. The van der Waals surface area contributed by atoms with Crippen LogP contribution in [0.1, 0.15) is 54.4 Å². The van der Waals surface area contributed by atoms with Crippen molar-refractivity contribution in [3.05, 3.63) is 0 Å². The van der Waals surface area contributed by atoms with Gasteiger partial charge in [-0.2, -0.15) is 0 Å². The van der Waals surface area contributed by atoms with Crippen LogP contribution in [0.4, 0.5) is 4.79 Å². The molecule has 0 aromatic rings. The first-order valence-corrected chi connectivity index (χ1v) is 8.69. The second kappa shape index (κ2) is 8.83. The number of amides is 4. The van der Waals surface area contributed by atoms with Gasteiger partial charge in [-0.15, -0.1) is 5.06 Å². The maximum absolute atomic E-state index is 12.4. The van der Waals surface area contributed by atoms with E-state index in [1.54, 1.807) is 34.6 Å². The van der Waals surface area contributed by atoms with Crippen molar-refractivity contribution in [2.75, 3.05) is 0 Å². The fourth-order valence-electron chi connectivity index (χ4n) is 2.16. The van der Waals surface area contributed by atoms with E-state index in [0.29, 0.717) is 5.06 Å². The van der Waals surface area contributed by atoms with Crippen molar-refractivity contribution in [3.63, 3.8) is 0 Å². The number of rotatable bonds is 6. The Morgan fingerprint density at radius 2 is 1.52 bits per heavy atom. The van der Waals surface area contributed by atoms with Gasteiger partial charge in [0.05, 0.1) is 0 Å². The lowest BCUT2D eigenvalue weighted by molar-refractivity contribution is -0.198. The number of carbonyl (C=O) groups excluding carboxylic acids is 5. The predicted molar refractivity (Wildman–Crippen MR) is 92.8 cm³/mol. The quantitative estimate of drug-likeness (QED) is 0.642. The molecule has 27 heavy (non-hydrogen) atoms. The lowest BCUT2D eigenvalue weighted by Gasteiger charge is -2.26. The molecule has 10 nitrogen and oxygen atoms in total. The highest BCUT2D eigenvalue weighted by molar-refractivity contribution is 6.02. The minimum Gasteiger partial charge on any atom is -0.444 e. The van der Waals surface area contributed by atoms with Crippen LogP contribution in [-0.4, -0.2) is 52.5 Å². The van der Waals surface area contributed by atoms with E-state index < -0.39 is 47.5 Å². The zero-order valence-corrected chi connectivity index (χ0v) is 16.5. The Morgan fingerprint density at radius 1 is 1.00 bits per heavy atom. The van der Waals surface area contributed by atoms with E-state index in [2.05, 4.69) is 10.6 Å². The van der Waals surface area contributed by atoms with Crippen molar-refractivity contribution in [2.24, 2.45) is 5.92 Å². The van der Waals surface area contributed by atoms with Crippen LogP contribution in [0.5, 0.6) is 0 Å². The third-order valence-electron chi connectivity index (χ3n) is 3.52. The van der Waals surface area contributed by atoms with Crippen molar-refractivity contribution >= 4 is 29.8 Å². The van der Waals surface area contributed by atoms with Gasteiger partial charge in [0.15, 0.2) is 0 Å². The topological polar surface area (TPSA) is 131 Å². The Balaban J connectivity index is 2.66. The van der Waals surface area contributed by atoms with Gasteiger partial charge in [0.1, 0.15) is 17.7 Å². The smallest absolute Gasteiger partial charge is 0.408 e. The number of alkyl carbamates (subject to hydrolysis) is 1. The molecule has 1 heterocycles. The summed E-state index contributed by atoms with van der Waals surface area (Å²) in [6.07, 6.45) is -0.815. The summed E-state index contributed by atoms with van der Waals surface area (Å²) < 4.78 is 5.13. The monoisotopic (exact) mass is 385 g/mol. The van der Waals surface area contributed by atoms with Crippen LogP contribution in [0, 0.1) is 5.92 Å². The van der Waals surface area contributed by atoms with Crippen LogP contribution < -0.4 is 10.6 Å². The highest BCUT2D eigenvalue weighted by Crippen LogP contribution is 2.13. The molecule has 0 radical (unpaired) electrons. The molecular weight excluding hydrogens is 358 g/mol. The third-order valence-corrected chi connectivity index (χ3v) is 3.52. The molecule has 0 spiro atoms. The lowest BCUT2D eigenvalue weighted by atomic mass is 10.0. The molecule has 0 saturated carbocycles. The summed E-state index contributed by atoms with van der Waals surface area (Å²) in [5.74, 6) is -3.11. The van der Waals surface area contributed by atoms with Crippen molar-refractivity contribution in [3.8, 4) is 0 Å². The fourth-order valence-corrected chi connectivity index (χ4v) is 2.16. The van der Waals surface area contributed by atoms with Crippen LogP contribution >= 0.6 is 0 Å². The molecule has 0 aliphatic carbocycles. The molecule has 0 bridgehead atoms. The van der Waals surface area contributed by atoms with Gasteiger partial charge < -0.3 is 20.2 Å². The Bertz CT molecular complexity index is 609. The van der Waals surface area contributed by atoms with E-state index in [4.69, 9.17) is 9.57 Å². The second-order valence-electron chi connectivity index (χ2n) is 7.59. The van der Waals surface area contributed by atoms with E-state index in [9.17, 15) is 24.0 Å². The number of hydrogen-bond acceptors (Lipinski definition) is 7. The van der Waals surface area contributed by atoms with Crippen molar-refractivity contribution in [1.29, 1.82) is 0 Å². The second-order valence-corrected chi connectivity index (χ2v) is 7.59. The molecular formula is C17H27N3O7.